The maximum Gasteiger partial charge on any atom is 0.331 e. The first-order valence-electron chi connectivity index (χ1n) is 12.0. The molecule has 2 N–H and O–H groups in total. The monoisotopic (exact) mass is 506 g/mol. The largest absolute Gasteiger partial charge is 0.503 e. The van der Waals surface area contributed by atoms with Crippen LogP contribution >= 0.6 is 0 Å². The van der Waals surface area contributed by atoms with Crippen LogP contribution in [0.25, 0.3) is 0 Å². The molecule has 0 radical (unpaired) electrons. The lowest BCUT2D eigenvalue weighted by Crippen LogP contribution is -2.46. The van der Waals surface area contributed by atoms with Gasteiger partial charge in [0.1, 0.15) is 18.0 Å². The Labute approximate surface area is 215 Å². The van der Waals surface area contributed by atoms with Gasteiger partial charge in [0.2, 0.25) is 0 Å². The Hall–Kier alpha value is -4.11. The molecule has 0 saturated carbocycles. The average molecular weight is 507 g/mol. The first kappa shape index (κ1) is 26.0. The van der Waals surface area contributed by atoms with Crippen molar-refractivity contribution >= 4 is 11.9 Å². The number of carbonyl (C=O) groups is 2. The molecule has 1 saturated heterocycles. The van der Waals surface area contributed by atoms with Gasteiger partial charge in [0.05, 0.1) is 20.3 Å². The number of amides is 1. The van der Waals surface area contributed by atoms with Crippen LogP contribution in [0.2, 0.25) is 0 Å². The number of hydrogen-bond donors (Lipinski definition) is 2. The zero-order valence-corrected chi connectivity index (χ0v) is 20.7. The molecule has 1 amide bonds. The maximum absolute atomic E-state index is 13.1. The van der Waals surface area contributed by atoms with Gasteiger partial charge in [-0.2, -0.15) is 0 Å². The third kappa shape index (κ3) is 6.56. The van der Waals surface area contributed by atoms with Crippen molar-refractivity contribution in [3.8, 4) is 17.2 Å². The van der Waals surface area contributed by atoms with Crippen molar-refractivity contribution in [2.24, 2.45) is 5.92 Å². The summed E-state index contributed by atoms with van der Waals surface area (Å²) in [6.45, 7) is 1.84. The second-order valence-electron chi connectivity index (χ2n) is 8.74. The Bertz CT molecular complexity index is 1190. The number of carbonyl (C=O) groups excluding carboxylic acids is 2. The van der Waals surface area contributed by atoms with E-state index in [1.807, 2.05) is 67.6 Å². The summed E-state index contributed by atoms with van der Waals surface area (Å²) in [6, 6.07) is 19.6. The highest BCUT2D eigenvalue weighted by Gasteiger charge is 2.36. The maximum atomic E-state index is 13.1. The molecule has 3 aromatic rings. The van der Waals surface area contributed by atoms with Gasteiger partial charge in [-0.05, 0) is 31.0 Å². The molecule has 4 atom stereocenters. The fourth-order valence-corrected chi connectivity index (χ4v) is 4.22. The van der Waals surface area contributed by atoms with Gasteiger partial charge in [0, 0.05) is 18.2 Å². The van der Waals surface area contributed by atoms with Crippen molar-refractivity contribution in [3.63, 3.8) is 0 Å². The number of para-hydroxylation sites is 1. The summed E-state index contributed by atoms with van der Waals surface area (Å²) in [5, 5.41) is 12.8. The summed E-state index contributed by atoms with van der Waals surface area (Å²) < 4.78 is 23.1. The Morgan fingerprint density at radius 1 is 1.08 bits per heavy atom. The minimum absolute atomic E-state index is 0.0896. The summed E-state index contributed by atoms with van der Waals surface area (Å²) in [7, 11) is 1.36. The lowest BCUT2D eigenvalue weighted by molar-refractivity contribution is -0.154. The van der Waals surface area contributed by atoms with Crippen LogP contribution in [0, 0.1) is 5.92 Å². The van der Waals surface area contributed by atoms with Gasteiger partial charge >= 0.3 is 5.97 Å². The molecule has 2 heterocycles. The smallest absolute Gasteiger partial charge is 0.331 e. The van der Waals surface area contributed by atoms with E-state index < -0.39 is 35.9 Å². The lowest BCUT2D eigenvalue weighted by Gasteiger charge is -2.31. The SMILES string of the molecule is COc1ccnc(C(=O)N[C@H]2COC[C@H](Oc3ccccc3)[C@@H](Cc3ccccc3)[C@H](C)OC2=O)c1O. The minimum atomic E-state index is -1.12. The summed E-state index contributed by atoms with van der Waals surface area (Å²) >= 11 is 0. The number of esters is 1. The van der Waals surface area contributed by atoms with E-state index in [1.165, 1.54) is 19.4 Å². The highest BCUT2D eigenvalue weighted by atomic mass is 16.6. The molecule has 9 heteroatoms. The number of nitrogens with zero attached hydrogens (tertiary/aromatic N) is 1. The summed E-state index contributed by atoms with van der Waals surface area (Å²) in [5.74, 6) is -1.30. The average Bonchev–Trinajstić information content (AvgIpc) is 2.95. The number of aromatic hydroxyl groups is 1. The van der Waals surface area contributed by atoms with Crippen LogP contribution in [0.5, 0.6) is 17.2 Å². The van der Waals surface area contributed by atoms with E-state index in [2.05, 4.69) is 10.3 Å². The lowest BCUT2D eigenvalue weighted by atomic mass is 9.89. The molecule has 194 valence electrons. The number of rotatable bonds is 7. The third-order valence-corrected chi connectivity index (χ3v) is 6.21. The van der Waals surface area contributed by atoms with Crippen molar-refractivity contribution < 1.29 is 33.6 Å². The number of ether oxygens (including phenoxy) is 4. The van der Waals surface area contributed by atoms with Crippen LogP contribution in [-0.4, -0.2) is 60.5 Å². The summed E-state index contributed by atoms with van der Waals surface area (Å²) in [6.07, 6.45) is 0.942. The number of cyclic esters (lactones) is 1. The molecule has 0 spiro atoms. The van der Waals surface area contributed by atoms with Crippen molar-refractivity contribution in [2.75, 3.05) is 20.3 Å². The number of aromatic nitrogens is 1. The Morgan fingerprint density at radius 2 is 1.78 bits per heavy atom. The van der Waals surface area contributed by atoms with Gasteiger partial charge in [-0.3, -0.25) is 4.79 Å². The van der Waals surface area contributed by atoms with E-state index in [1.54, 1.807) is 0 Å². The van der Waals surface area contributed by atoms with E-state index >= 15 is 0 Å². The quantitative estimate of drug-likeness (QED) is 0.470. The number of nitrogens with one attached hydrogen (secondary N) is 1. The summed E-state index contributed by atoms with van der Waals surface area (Å²) in [5.41, 5.74) is 0.799. The molecule has 4 rings (SSSR count). The second-order valence-corrected chi connectivity index (χ2v) is 8.74. The fourth-order valence-electron chi connectivity index (χ4n) is 4.22. The molecular weight excluding hydrogens is 476 g/mol. The van der Waals surface area contributed by atoms with Crippen LogP contribution in [-0.2, 0) is 20.7 Å². The molecule has 37 heavy (non-hydrogen) atoms. The molecule has 1 aliphatic heterocycles. The predicted octanol–water partition coefficient (Wildman–Crippen LogP) is 3.16. The van der Waals surface area contributed by atoms with Crippen molar-refractivity contribution in [3.05, 3.63) is 84.2 Å². The highest BCUT2D eigenvalue weighted by Crippen LogP contribution is 2.28. The second kappa shape index (κ2) is 12.2. The molecule has 9 nitrogen and oxygen atoms in total. The van der Waals surface area contributed by atoms with Crippen LogP contribution in [0.15, 0.2) is 72.9 Å². The predicted molar refractivity (Wildman–Crippen MR) is 135 cm³/mol. The fraction of sp³-hybridized carbons (Fsp3) is 0.321. The third-order valence-electron chi connectivity index (χ3n) is 6.21. The topological polar surface area (TPSA) is 116 Å². The van der Waals surface area contributed by atoms with Crippen molar-refractivity contribution in [2.45, 2.75) is 31.6 Å². The van der Waals surface area contributed by atoms with Crippen LogP contribution in [0.1, 0.15) is 23.0 Å². The molecular formula is C28H30N2O7. The van der Waals surface area contributed by atoms with Gasteiger partial charge in [-0.25, -0.2) is 9.78 Å². The van der Waals surface area contributed by atoms with Gasteiger partial charge < -0.3 is 29.4 Å². The zero-order valence-electron chi connectivity index (χ0n) is 20.7. The minimum Gasteiger partial charge on any atom is -0.503 e. The van der Waals surface area contributed by atoms with E-state index in [-0.39, 0.29) is 30.6 Å². The molecule has 0 unspecified atom stereocenters. The van der Waals surface area contributed by atoms with Gasteiger partial charge in [-0.15, -0.1) is 0 Å². The van der Waals surface area contributed by atoms with E-state index in [0.29, 0.717) is 12.2 Å². The Kier molecular flexibility index (Phi) is 8.58. The molecule has 1 aliphatic rings. The normalized spacial score (nSPS) is 22.1. The Morgan fingerprint density at radius 3 is 2.49 bits per heavy atom. The summed E-state index contributed by atoms with van der Waals surface area (Å²) in [4.78, 5) is 29.9. The number of pyridine rings is 1. The molecule has 0 aliphatic carbocycles. The molecule has 0 bridgehead atoms. The molecule has 1 fully saturated rings. The van der Waals surface area contributed by atoms with Crippen LogP contribution < -0.4 is 14.8 Å². The van der Waals surface area contributed by atoms with E-state index in [9.17, 15) is 14.7 Å². The molecule has 2 aromatic carbocycles. The van der Waals surface area contributed by atoms with Crippen LogP contribution in [0.4, 0.5) is 0 Å². The first-order valence-corrected chi connectivity index (χ1v) is 12.0. The Balaban J connectivity index is 1.54. The number of methoxy groups -OCH3 is 1. The van der Waals surface area contributed by atoms with Crippen molar-refractivity contribution in [1.29, 1.82) is 0 Å². The van der Waals surface area contributed by atoms with Crippen LogP contribution in [0.3, 0.4) is 0 Å². The zero-order chi connectivity index (χ0) is 26.2. The van der Waals surface area contributed by atoms with Gasteiger partial charge in [-0.1, -0.05) is 48.5 Å². The first-order chi connectivity index (χ1) is 18.0. The number of benzene rings is 2. The van der Waals surface area contributed by atoms with Gasteiger partial charge in [0.15, 0.2) is 23.2 Å². The van der Waals surface area contributed by atoms with E-state index in [4.69, 9.17) is 18.9 Å². The van der Waals surface area contributed by atoms with E-state index in [0.717, 1.165) is 5.56 Å². The highest BCUT2D eigenvalue weighted by molar-refractivity contribution is 5.98. The molecule has 1 aromatic heterocycles. The standard InChI is InChI=1S/C28H30N2O7/c1-18-21(15-19-9-5-3-6-10-19)24(37-20-11-7-4-8-12-20)17-35-16-22(28(33)36-18)30-27(32)25-26(31)23(34-2)13-14-29-25/h3-14,18,21-22,24,31H,15-17H2,1-2H3,(H,30,32)/t18-,21-,22-,24-/m0/s1. The number of hydrogen-bond acceptors (Lipinski definition) is 8. The van der Waals surface area contributed by atoms with Gasteiger partial charge in [0.25, 0.3) is 5.91 Å². The van der Waals surface area contributed by atoms with Crippen molar-refractivity contribution in [1.82, 2.24) is 10.3 Å².